The lowest BCUT2D eigenvalue weighted by molar-refractivity contribution is 1.18. The van der Waals surface area contributed by atoms with Crippen LogP contribution >= 0.6 is 0 Å². The maximum Gasteiger partial charge on any atom is 0.220 e. The van der Waals surface area contributed by atoms with Crippen LogP contribution in [0, 0.1) is 0 Å². The molecule has 0 N–H and O–H groups in total. The van der Waals surface area contributed by atoms with E-state index in [0.29, 0.717) is 0 Å². The quantitative estimate of drug-likeness (QED) is 0.175. The molecule has 64 heavy (non-hydrogen) atoms. The Morgan fingerprint density at radius 3 is 0.953 bits per heavy atom. The van der Waals surface area contributed by atoms with Crippen LogP contribution in [0.15, 0.2) is 182 Å². The van der Waals surface area contributed by atoms with Crippen molar-refractivity contribution in [2.75, 3.05) is 0 Å². The summed E-state index contributed by atoms with van der Waals surface area (Å²) in [5.41, 5.74) is 18.0. The summed E-state index contributed by atoms with van der Waals surface area (Å²) in [6.07, 6.45) is 0. The standard InChI is InChI=1S/C56H30N8/c1-7-19-41-33(13-1)34-14-2-8-20-42(34)59(41)31-25-27-45-37(29-31)49-51-54(64-48-24-12-6-18-40(48)57-55(64)61(45)51)50-38-30-32(60-43-21-9-3-15-35(43)36-16-4-10-22-44(36)60)26-28-46(38)62-52(50)53(49)63-47-23-11-5-17-39(47)58-56(62)63/h1-30H. The fraction of sp³-hybridized carbons (Fsp3) is 0. The Morgan fingerprint density at radius 1 is 0.266 bits per heavy atom. The third kappa shape index (κ3) is 3.50. The van der Waals surface area contributed by atoms with Gasteiger partial charge in [-0.3, -0.25) is 17.6 Å². The molecule has 0 saturated carbocycles. The van der Waals surface area contributed by atoms with E-state index in [1.165, 1.54) is 65.2 Å². The molecule has 0 atom stereocenters. The number of benzene rings is 9. The summed E-state index contributed by atoms with van der Waals surface area (Å²) in [5, 5.41) is 9.74. The van der Waals surface area contributed by atoms with Gasteiger partial charge in [-0.2, -0.15) is 0 Å². The highest BCUT2D eigenvalue weighted by Crippen LogP contribution is 2.50. The molecule has 17 aromatic rings. The maximum absolute atomic E-state index is 5.45. The van der Waals surface area contributed by atoms with Gasteiger partial charge in [-0.1, -0.05) is 97.1 Å². The summed E-state index contributed by atoms with van der Waals surface area (Å²) in [6, 6.07) is 66.3. The average molecular weight is 815 g/mol. The molecule has 0 aliphatic rings. The van der Waals surface area contributed by atoms with Crippen molar-refractivity contribution < 1.29 is 0 Å². The monoisotopic (exact) mass is 814 g/mol. The summed E-state index contributed by atoms with van der Waals surface area (Å²) < 4.78 is 14.6. The number of fused-ring (bicyclic) bond motifs is 24. The molecule has 0 aliphatic carbocycles. The normalized spacial score (nSPS) is 13.0. The van der Waals surface area contributed by atoms with Crippen LogP contribution in [0.3, 0.4) is 0 Å². The zero-order valence-electron chi connectivity index (χ0n) is 33.9. The molecule has 0 bridgehead atoms. The number of imidazole rings is 4. The van der Waals surface area contributed by atoms with Gasteiger partial charge in [-0.05, 0) is 84.9 Å². The molecule has 0 spiro atoms. The summed E-state index contributed by atoms with van der Waals surface area (Å²) in [5.74, 6) is 1.82. The zero-order valence-corrected chi connectivity index (χ0v) is 33.9. The van der Waals surface area contributed by atoms with E-state index >= 15 is 0 Å². The summed E-state index contributed by atoms with van der Waals surface area (Å²) in [7, 11) is 0. The Kier molecular flexibility index (Phi) is 5.37. The predicted octanol–water partition coefficient (Wildman–Crippen LogP) is 13.5. The SMILES string of the molecule is c1ccc2c(c1)nc1n2c2c3c4cc(-n5c6ccccc6c6ccccc65)ccc4n4c3c(c3c5cc(-n6c7ccccc7c7ccccc76)ccc5n1c32)n1c2ccccc2nc14. The van der Waals surface area contributed by atoms with Crippen molar-refractivity contribution in [3.05, 3.63) is 182 Å². The van der Waals surface area contributed by atoms with Crippen LogP contribution in [-0.4, -0.2) is 36.7 Å². The van der Waals surface area contributed by atoms with Crippen LogP contribution in [-0.2, 0) is 0 Å². The molecule has 8 aromatic heterocycles. The van der Waals surface area contributed by atoms with Crippen molar-refractivity contribution >= 4 is 132 Å². The number of para-hydroxylation sites is 8. The van der Waals surface area contributed by atoms with Gasteiger partial charge in [-0.25, -0.2) is 9.97 Å². The zero-order chi connectivity index (χ0) is 41.1. The second-order valence-electron chi connectivity index (χ2n) is 17.4. The Bertz CT molecular complexity index is 4490. The van der Waals surface area contributed by atoms with Crippen LogP contribution in [0.5, 0.6) is 0 Å². The molecule has 8 heteroatoms. The molecule has 0 amide bonds. The minimum absolute atomic E-state index is 0.912. The van der Waals surface area contributed by atoms with Crippen molar-refractivity contribution in [3.63, 3.8) is 0 Å². The number of hydrogen-bond donors (Lipinski definition) is 0. The van der Waals surface area contributed by atoms with Gasteiger partial charge < -0.3 is 9.13 Å². The molecule has 8 heterocycles. The summed E-state index contributed by atoms with van der Waals surface area (Å²) >= 11 is 0. The predicted molar refractivity (Wildman–Crippen MR) is 262 cm³/mol. The first-order valence-electron chi connectivity index (χ1n) is 21.9. The first kappa shape index (κ1) is 31.9. The van der Waals surface area contributed by atoms with Gasteiger partial charge in [0, 0.05) is 54.5 Å². The number of rotatable bonds is 2. The van der Waals surface area contributed by atoms with Crippen molar-refractivity contribution in [1.29, 1.82) is 0 Å². The van der Waals surface area contributed by atoms with Gasteiger partial charge >= 0.3 is 0 Å². The third-order valence-corrected chi connectivity index (χ3v) is 14.4. The van der Waals surface area contributed by atoms with Crippen molar-refractivity contribution in [1.82, 2.24) is 36.7 Å². The number of nitrogens with zero attached hydrogens (tertiary/aromatic N) is 8. The van der Waals surface area contributed by atoms with Crippen LogP contribution in [0.4, 0.5) is 0 Å². The van der Waals surface area contributed by atoms with E-state index in [9.17, 15) is 0 Å². The Hall–Kier alpha value is -8.88. The minimum atomic E-state index is 0.912. The van der Waals surface area contributed by atoms with E-state index in [1.54, 1.807) is 0 Å². The molecule has 294 valence electrons. The smallest absolute Gasteiger partial charge is 0.220 e. The Labute approximate surface area is 360 Å². The van der Waals surface area contributed by atoms with Crippen LogP contribution in [0.1, 0.15) is 0 Å². The average Bonchev–Trinajstić information content (AvgIpc) is 4.22. The van der Waals surface area contributed by atoms with Gasteiger partial charge in [0.2, 0.25) is 11.6 Å². The number of hydrogen-bond acceptors (Lipinski definition) is 2. The van der Waals surface area contributed by atoms with E-state index in [2.05, 4.69) is 209 Å². The molecule has 0 fully saturated rings. The molecule has 0 aliphatic heterocycles. The van der Waals surface area contributed by atoms with E-state index in [-0.39, 0.29) is 0 Å². The lowest BCUT2D eigenvalue weighted by Crippen LogP contribution is -1.94. The molecular formula is C56H30N8. The third-order valence-electron chi connectivity index (χ3n) is 14.4. The summed E-state index contributed by atoms with van der Waals surface area (Å²) in [4.78, 5) is 10.9. The first-order chi connectivity index (χ1) is 31.8. The molecule has 17 rings (SSSR count). The van der Waals surface area contributed by atoms with Crippen LogP contribution < -0.4 is 0 Å². The fourth-order valence-corrected chi connectivity index (χ4v) is 12.0. The van der Waals surface area contributed by atoms with Gasteiger partial charge in [-0.15, -0.1) is 0 Å². The van der Waals surface area contributed by atoms with E-state index in [0.717, 1.165) is 78.1 Å². The molecule has 8 nitrogen and oxygen atoms in total. The molecule has 0 saturated heterocycles. The van der Waals surface area contributed by atoms with E-state index in [1.807, 2.05) is 0 Å². The second kappa shape index (κ2) is 10.8. The minimum Gasteiger partial charge on any atom is -0.309 e. The molecule has 0 radical (unpaired) electrons. The fourth-order valence-electron chi connectivity index (χ4n) is 12.0. The van der Waals surface area contributed by atoms with Gasteiger partial charge in [0.05, 0.1) is 77.2 Å². The van der Waals surface area contributed by atoms with E-state index in [4.69, 9.17) is 9.97 Å². The van der Waals surface area contributed by atoms with E-state index < -0.39 is 0 Å². The highest BCUT2D eigenvalue weighted by molar-refractivity contribution is 6.37. The van der Waals surface area contributed by atoms with Crippen molar-refractivity contribution in [2.45, 2.75) is 0 Å². The topological polar surface area (TPSA) is 53.3 Å². The van der Waals surface area contributed by atoms with Gasteiger partial charge in [0.15, 0.2) is 0 Å². The second-order valence-corrected chi connectivity index (χ2v) is 17.4. The molecule has 9 aromatic carbocycles. The first-order valence-corrected chi connectivity index (χ1v) is 21.9. The van der Waals surface area contributed by atoms with Crippen molar-refractivity contribution in [2.24, 2.45) is 0 Å². The van der Waals surface area contributed by atoms with Gasteiger partial charge in [0.1, 0.15) is 0 Å². The van der Waals surface area contributed by atoms with Crippen LogP contribution in [0.25, 0.3) is 143 Å². The molecular weight excluding hydrogens is 785 g/mol. The van der Waals surface area contributed by atoms with Crippen molar-refractivity contribution in [3.8, 4) is 11.4 Å². The van der Waals surface area contributed by atoms with Crippen LogP contribution in [0.2, 0.25) is 0 Å². The highest BCUT2D eigenvalue weighted by atomic mass is 15.2. The number of aromatic nitrogens is 8. The van der Waals surface area contributed by atoms with Gasteiger partial charge in [0.25, 0.3) is 0 Å². The maximum atomic E-state index is 5.45. The molecule has 0 unspecified atom stereocenters. The summed E-state index contributed by atoms with van der Waals surface area (Å²) in [6.45, 7) is 0. The Morgan fingerprint density at radius 2 is 0.578 bits per heavy atom. The lowest BCUT2D eigenvalue weighted by atomic mass is 10.0. The lowest BCUT2D eigenvalue weighted by Gasteiger charge is -2.09. The largest absolute Gasteiger partial charge is 0.309 e. The highest BCUT2D eigenvalue weighted by Gasteiger charge is 2.32. The Balaban J connectivity index is 1.12.